The van der Waals surface area contributed by atoms with Crippen molar-refractivity contribution in [3.8, 4) is 5.75 Å². The van der Waals surface area contributed by atoms with Gasteiger partial charge in [-0.1, -0.05) is 19.1 Å². The van der Waals surface area contributed by atoms with Crippen LogP contribution in [0, 0.1) is 5.92 Å². The highest BCUT2D eigenvalue weighted by Gasteiger charge is 2.35. The van der Waals surface area contributed by atoms with Crippen molar-refractivity contribution in [1.82, 2.24) is 9.80 Å². The lowest BCUT2D eigenvalue weighted by molar-refractivity contribution is -0.135. The maximum absolute atomic E-state index is 13.2. The van der Waals surface area contributed by atoms with Gasteiger partial charge >= 0.3 is 6.03 Å². The minimum atomic E-state index is 0.0260. The summed E-state index contributed by atoms with van der Waals surface area (Å²) in [5.74, 6) is 1.15. The number of anilines is 1. The number of carbonyl (C=O) groups excluding carboxylic acids is 2. The first-order valence-corrected chi connectivity index (χ1v) is 10.3. The molecule has 2 saturated heterocycles. The minimum Gasteiger partial charge on any atom is -0.486 e. The first-order chi connectivity index (χ1) is 13.2. The molecule has 0 bridgehead atoms. The highest BCUT2D eigenvalue weighted by atomic mass is 16.5. The predicted octanol–water partition coefficient (Wildman–Crippen LogP) is 3.12. The molecule has 3 aliphatic rings. The van der Waals surface area contributed by atoms with Crippen LogP contribution in [0.2, 0.25) is 0 Å². The van der Waals surface area contributed by atoms with Crippen molar-refractivity contribution in [3.63, 3.8) is 0 Å². The Morgan fingerprint density at radius 1 is 1.04 bits per heavy atom. The molecule has 1 atom stereocenters. The van der Waals surface area contributed by atoms with Crippen LogP contribution in [0.4, 0.5) is 10.5 Å². The van der Waals surface area contributed by atoms with Crippen molar-refractivity contribution in [3.05, 3.63) is 24.3 Å². The van der Waals surface area contributed by atoms with Gasteiger partial charge in [0.05, 0.1) is 12.2 Å². The van der Waals surface area contributed by atoms with E-state index in [0.29, 0.717) is 25.5 Å². The number of para-hydroxylation sites is 2. The normalized spacial score (nSPS) is 23.1. The number of benzene rings is 1. The maximum Gasteiger partial charge on any atom is 0.324 e. The minimum absolute atomic E-state index is 0.0260. The molecule has 0 aromatic heterocycles. The van der Waals surface area contributed by atoms with E-state index >= 15 is 0 Å². The lowest BCUT2D eigenvalue weighted by Gasteiger charge is -2.40. The van der Waals surface area contributed by atoms with Crippen LogP contribution in [0.15, 0.2) is 24.3 Å². The number of nitrogens with zero attached hydrogens (tertiary/aromatic N) is 3. The first kappa shape index (κ1) is 18.1. The average molecular weight is 371 g/mol. The zero-order chi connectivity index (χ0) is 18.8. The van der Waals surface area contributed by atoms with Crippen LogP contribution in [-0.2, 0) is 4.79 Å². The van der Waals surface area contributed by atoms with Crippen LogP contribution < -0.4 is 9.64 Å². The molecular weight excluding hydrogens is 342 g/mol. The number of carbonyl (C=O) groups is 2. The Bertz CT molecular complexity index is 694. The smallest absolute Gasteiger partial charge is 0.324 e. The molecule has 6 heteroatoms. The monoisotopic (exact) mass is 371 g/mol. The molecule has 0 spiro atoms. The molecule has 4 rings (SSSR count). The second-order valence-corrected chi connectivity index (χ2v) is 7.80. The van der Waals surface area contributed by atoms with E-state index in [1.54, 1.807) is 0 Å². The molecule has 3 amide bonds. The third kappa shape index (κ3) is 3.62. The van der Waals surface area contributed by atoms with E-state index in [-0.39, 0.29) is 18.1 Å². The molecule has 0 saturated carbocycles. The molecule has 27 heavy (non-hydrogen) atoms. The number of fused-ring (bicyclic) bond motifs is 1. The van der Waals surface area contributed by atoms with Gasteiger partial charge in [-0.2, -0.15) is 0 Å². The first-order valence-electron chi connectivity index (χ1n) is 10.3. The van der Waals surface area contributed by atoms with Crippen LogP contribution in [0.1, 0.15) is 39.0 Å². The SMILES string of the molecule is CCC1CN(C(=O)N2CCC(C(=O)N3CCCC3)CC2)c2ccccc2O1. The van der Waals surface area contributed by atoms with Crippen LogP contribution in [0.5, 0.6) is 5.75 Å². The van der Waals surface area contributed by atoms with Gasteiger partial charge in [0, 0.05) is 32.1 Å². The molecule has 0 N–H and O–H groups in total. The molecule has 146 valence electrons. The van der Waals surface area contributed by atoms with E-state index in [4.69, 9.17) is 4.74 Å². The van der Waals surface area contributed by atoms with E-state index < -0.39 is 0 Å². The van der Waals surface area contributed by atoms with Gasteiger partial charge in [0.15, 0.2) is 0 Å². The fourth-order valence-corrected chi connectivity index (χ4v) is 4.38. The van der Waals surface area contributed by atoms with E-state index in [0.717, 1.165) is 56.6 Å². The summed E-state index contributed by atoms with van der Waals surface area (Å²) >= 11 is 0. The number of hydrogen-bond acceptors (Lipinski definition) is 3. The van der Waals surface area contributed by atoms with Crippen molar-refractivity contribution in [2.45, 2.75) is 45.1 Å². The number of rotatable bonds is 2. The molecule has 0 radical (unpaired) electrons. The largest absolute Gasteiger partial charge is 0.486 e. The van der Waals surface area contributed by atoms with Gasteiger partial charge in [-0.05, 0) is 44.2 Å². The van der Waals surface area contributed by atoms with Crippen LogP contribution in [0.3, 0.4) is 0 Å². The van der Waals surface area contributed by atoms with Gasteiger partial charge in [-0.3, -0.25) is 9.69 Å². The molecule has 1 aromatic rings. The van der Waals surface area contributed by atoms with Crippen molar-refractivity contribution >= 4 is 17.6 Å². The number of likely N-dealkylation sites (tertiary alicyclic amines) is 2. The molecule has 2 fully saturated rings. The van der Waals surface area contributed by atoms with Gasteiger partial charge < -0.3 is 14.5 Å². The number of hydrogen-bond donors (Lipinski definition) is 0. The predicted molar refractivity (Wildman–Crippen MR) is 104 cm³/mol. The molecule has 3 heterocycles. The molecule has 1 aromatic carbocycles. The summed E-state index contributed by atoms with van der Waals surface area (Å²) in [6.07, 6.45) is 4.67. The Labute approximate surface area is 161 Å². The Morgan fingerprint density at radius 3 is 2.44 bits per heavy atom. The quantitative estimate of drug-likeness (QED) is 0.803. The topological polar surface area (TPSA) is 53.1 Å². The zero-order valence-corrected chi connectivity index (χ0v) is 16.1. The molecule has 0 aliphatic carbocycles. The summed E-state index contributed by atoms with van der Waals surface area (Å²) in [6, 6.07) is 7.79. The van der Waals surface area contributed by atoms with Crippen LogP contribution >= 0.6 is 0 Å². The summed E-state index contributed by atoms with van der Waals surface area (Å²) in [6.45, 7) is 5.77. The lowest BCUT2D eigenvalue weighted by atomic mass is 9.95. The fraction of sp³-hybridized carbons (Fsp3) is 0.619. The zero-order valence-electron chi connectivity index (χ0n) is 16.1. The number of piperidine rings is 1. The molecular formula is C21H29N3O3. The van der Waals surface area contributed by atoms with Crippen LogP contribution in [-0.4, -0.2) is 60.6 Å². The number of amides is 3. The van der Waals surface area contributed by atoms with Gasteiger partial charge in [0.1, 0.15) is 11.9 Å². The standard InChI is InChI=1S/C21H29N3O3/c1-2-17-15-24(18-7-3-4-8-19(18)27-17)21(26)23-13-9-16(10-14-23)20(25)22-11-5-6-12-22/h3-4,7-8,16-17H,2,5-6,9-15H2,1H3. The van der Waals surface area contributed by atoms with Gasteiger partial charge in [0.2, 0.25) is 5.91 Å². The number of urea groups is 1. The second-order valence-electron chi connectivity index (χ2n) is 7.80. The molecule has 6 nitrogen and oxygen atoms in total. The van der Waals surface area contributed by atoms with Gasteiger partial charge in [-0.15, -0.1) is 0 Å². The lowest BCUT2D eigenvalue weighted by Crippen LogP contribution is -2.52. The van der Waals surface area contributed by atoms with Crippen molar-refractivity contribution in [2.24, 2.45) is 5.92 Å². The summed E-state index contributed by atoms with van der Waals surface area (Å²) in [5, 5.41) is 0. The van der Waals surface area contributed by atoms with E-state index in [9.17, 15) is 9.59 Å². The second kappa shape index (κ2) is 7.79. The Morgan fingerprint density at radius 2 is 1.74 bits per heavy atom. The third-order valence-corrected chi connectivity index (χ3v) is 6.05. The fourth-order valence-electron chi connectivity index (χ4n) is 4.38. The Balaban J connectivity index is 1.41. The molecule has 3 aliphatic heterocycles. The van der Waals surface area contributed by atoms with Crippen molar-refractivity contribution in [2.75, 3.05) is 37.6 Å². The number of ether oxygens (including phenoxy) is 1. The molecule has 1 unspecified atom stereocenters. The average Bonchev–Trinajstić information content (AvgIpc) is 3.27. The summed E-state index contributed by atoms with van der Waals surface area (Å²) < 4.78 is 5.99. The highest BCUT2D eigenvalue weighted by molar-refractivity contribution is 5.94. The van der Waals surface area contributed by atoms with Crippen molar-refractivity contribution < 1.29 is 14.3 Å². The highest BCUT2D eigenvalue weighted by Crippen LogP contribution is 2.35. The summed E-state index contributed by atoms with van der Waals surface area (Å²) in [5.41, 5.74) is 0.850. The maximum atomic E-state index is 13.2. The van der Waals surface area contributed by atoms with E-state index in [2.05, 4.69) is 6.92 Å². The summed E-state index contributed by atoms with van der Waals surface area (Å²) in [4.78, 5) is 31.6. The summed E-state index contributed by atoms with van der Waals surface area (Å²) in [7, 11) is 0. The Kier molecular flexibility index (Phi) is 5.23. The van der Waals surface area contributed by atoms with E-state index in [1.165, 1.54) is 0 Å². The van der Waals surface area contributed by atoms with Gasteiger partial charge in [-0.25, -0.2) is 4.79 Å². The third-order valence-electron chi connectivity index (χ3n) is 6.05. The van der Waals surface area contributed by atoms with Gasteiger partial charge in [0.25, 0.3) is 0 Å². The van der Waals surface area contributed by atoms with E-state index in [1.807, 2.05) is 39.0 Å². The van der Waals surface area contributed by atoms with Crippen LogP contribution in [0.25, 0.3) is 0 Å². The van der Waals surface area contributed by atoms with Crippen molar-refractivity contribution in [1.29, 1.82) is 0 Å². The Hall–Kier alpha value is -2.24.